The summed E-state index contributed by atoms with van der Waals surface area (Å²) in [6.45, 7) is 4.33. The van der Waals surface area contributed by atoms with E-state index in [9.17, 15) is 4.79 Å². The van der Waals surface area contributed by atoms with Crippen molar-refractivity contribution in [2.24, 2.45) is 4.99 Å². The number of nitrogens with one attached hydrogen (secondary N) is 1. The second-order valence-electron chi connectivity index (χ2n) is 3.65. The lowest BCUT2D eigenvalue weighted by Gasteiger charge is -2.05. The van der Waals surface area contributed by atoms with Crippen molar-refractivity contribution in [1.29, 1.82) is 5.26 Å². The topological polar surface area (TPSA) is 83.1 Å². The van der Waals surface area contributed by atoms with E-state index in [0.29, 0.717) is 17.9 Å². The van der Waals surface area contributed by atoms with Crippen molar-refractivity contribution < 1.29 is 4.79 Å². The summed E-state index contributed by atoms with van der Waals surface area (Å²) in [6, 6.07) is 2.05. The average molecular weight is 257 g/mol. The molecule has 1 rings (SSSR count). The van der Waals surface area contributed by atoms with Crippen molar-refractivity contribution in [3.05, 3.63) is 11.8 Å². The third-order valence-corrected chi connectivity index (χ3v) is 2.19. The minimum atomic E-state index is -0.247. The highest BCUT2D eigenvalue weighted by molar-refractivity contribution is 5.97. The van der Waals surface area contributed by atoms with Gasteiger partial charge in [-0.15, -0.1) is 0 Å². The first kappa shape index (κ1) is 14.5. The van der Waals surface area contributed by atoms with Crippen molar-refractivity contribution in [2.75, 3.05) is 11.9 Å². The minimum Gasteiger partial charge on any atom is -0.331 e. The second kappa shape index (κ2) is 7.67. The van der Waals surface area contributed by atoms with Gasteiger partial charge in [0.05, 0.1) is 12.5 Å². The predicted octanol–water partition coefficient (Wildman–Crippen LogP) is 1.20. The van der Waals surface area contributed by atoms with Gasteiger partial charge in [-0.2, -0.15) is 10.4 Å². The van der Waals surface area contributed by atoms with Crippen LogP contribution >= 0.6 is 0 Å². The quantitative estimate of drug-likeness (QED) is 0.359. The summed E-state index contributed by atoms with van der Waals surface area (Å²) in [7, 11) is 0. The van der Waals surface area contributed by atoms with Gasteiger partial charge in [0, 0.05) is 6.54 Å². The summed E-state index contributed by atoms with van der Waals surface area (Å²) < 4.78 is 1.69. The van der Waals surface area contributed by atoms with Gasteiger partial charge >= 0.3 is 0 Å². The van der Waals surface area contributed by atoms with Crippen LogP contribution in [0.15, 0.2) is 11.2 Å². The number of rotatable bonds is 6. The van der Waals surface area contributed by atoms with E-state index in [2.05, 4.69) is 27.2 Å². The number of anilines is 1. The molecule has 98 valence electrons. The summed E-state index contributed by atoms with van der Waals surface area (Å²) >= 11 is 0. The lowest BCUT2D eigenvalue weighted by molar-refractivity contribution is -0.112. The molecule has 0 saturated carbocycles. The van der Waals surface area contributed by atoms with Crippen molar-refractivity contribution in [2.45, 2.75) is 26.8 Å². The fraction of sp³-hybridized carbons (Fsp3) is 0.385. The van der Waals surface area contributed by atoms with Gasteiger partial charge < -0.3 is 5.32 Å². The Morgan fingerprint density at radius 3 is 3.11 bits per heavy atom. The van der Waals surface area contributed by atoms with Gasteiger partial charge in [-0.1, -0.05) is 12.8 Å². The van der Waals surface area contributed by atoms with E-state index in [0.717, 1.165) is 6.42 Å². The zero-order valence-electron chi connectivity index (χ0n) is 11.0. The van der Waals surface area contributed by atoms with Gasteiger partial charge in [0.25, 0.3) is 0 Å². The molecule has 0 aromatic carbocycles. The average Bonchev–Trinajstić information content (AvgIpc) is 2.78. The van der Waals surface area contributed by atoms with Crippen molar-refractivity contribution in [1.82, 2.24) is 9.78 Å². The first-order valence-electron chi connectivity index (χ1n) is 5.89. The van der Waals surface area contributed by atoms with Crippen LogP contribution in [-0.4, -0.2) is 28.4 Å². The second-order valence-corrected chi connectivity index (χ2v) is 3.65. The summed E-state index contributed by atoms with van der Waals surface area (Å²) in [5, 5.41) is 15.9. The number of carbonyl (C=O) groups is 1. The van der Waals surface area contributed by atoms with Gasteiger partial charge in [-0.25, -0.2) is 4.68 Å². The Balaban J connectivity index is 2.68. The largest absolute Gasteiger partial charge is 0.331 e. The van der Waals surface area contributed by atoms with Crippen LogP contribution in [0.5, 0.6) is 0 Å². The Kier molecular flexibility index (Phi) is 5.84. The third-order valence-electron chi connectivity index (χ3n) is 2.19. The standard InChI is InChI=1S/C13H15N5O/c1-3-5-12(19)9-15-10-16-13-11(7-14)8-17-18(13)6-4-2/h8,10H,4,6,9H2,1-2H3,(H,15,16). The molecule has 0 aliphatic heterocycles. The molecule has 1 aromatic rings. The third kappa shape index (κ3) is 4.29. The highest BCUT2D eigenvalue weighted by atomic mass is 16.1. The molecule has 0 spiro atoms. The van der Waals surface area contributed by atoms with Crippen molar-refractivity contribution in [3.8, 4) is 17.9 Å². The maximum Gasteiger partial charge on any atom is 0.226 e. The molecule has 19 heavy (non-hydrogen) atoms. The molecule has 0 radical (unpaired) electrons. The monoisotopic (exact) mass is 257 g/mol. The summed E-state index contributed by atoms with van der Waals surface area (Å²) in [6.07, 6.45) is 3.79. The molecule has 0 bridgehead atoms. The zero-order chi connectivity index (χ0) is 14.1. The number of nitriles is 1. The first-order chi connectivity index (χ1) is 9.22. The maximum absolute atomic E-state index is 11.1. The number of nitrogens with zero attached hydrogens (tertiary/aromatic N) is 4. The number of hydrogen-bond acceptors (Lipinski definition) is 4. The van der Waals surface area contributed by atoms with E-state index in [4.69, 9.17) is 5.26 Å². The van der Waals surface area contributed by atoms with Gasteiger partial charge in [0.15, 0.2) is 0 Å². The predicted molar refractivity (Wildman–Crippen MR) is 72.7 cm³/mol. The molecule has 1 aromatic heterocycles. The zero-order valence-corrected chi connectivity index (χ0v) is 11.0. The first-order valence-corrected chi connectivity index (χ1v) is 5.89. The number of aliphatic imine (C=N–C) groups is 1. The molecule has 0 fully saturated rings. The SMILES string of the molecule is CC#CC(=O)CN=CNc1c(C#N)cnn1CCC. The van der Waals surface area contributed by atoms with Crippen LogP contribution in [0.25, 0.3) is 0 Å². The van der Waals surface area contributed by atoms with Crippen LogP contribution in [0.3, 0.4) is 0 Å². The Morgan fingerprint density at radius 2 is 2.47 bits per heavy atom. The molecule has 0 atom stereocenters. The highest BCUT2D eigenvalue weighted by Crippen LogP contribution is 2.13. The van der Waals surface area contributed by atoms with Gasteiger partial charge in [-0.05, 0) is 19.3 Å². The molecule has 0 saturated heterocycles. The Bertz CT molecular complexity index is 568. The summed E-state index contributed by atoms with van der Waals surface area (Å²) in [5.74, 6) is 5.25. The van der Waals surface area contributed by atoms with E-state index in [1.807, 2.05) is 13.0 Å². The van der Waals surface area contributed by atoms with E-state index in [1.54, 1.807) is 11.6 Å². The smallest absolute Gasteiger partial charge is 0.226 e. The minimum absolute atomic E-state index is 0.00234. The summed E-state index contributed by atoms with van der Waals surface area (Å²) in [4.78, 5) is 15.0. The van der Waals surface area contributed by atoms with Crippen LogP contribution in [0, 0.1) is 23.2 Å². The number of carbonyl (C=O) groups excluding carboxylic acids is 1. The van der Waals surface area contributed by atoms with Gasteiger partial charge in [0.2, 0.25) is 5.78 Å². The molecule has 1 heterocycles. The molecule has 0 aliphatic carbocycles. The molecular formula is C13H15N5O. The van der Waals surface area contributed by atoms with Crippen LogP contribution in [-0.2, 0) is 11.3 Å². The van der Waals surface area contributed by atoms with Crippen LogP contribution in [0.4, 0.5) is 5.82 Å². The molecule has 0 amide bonds. The van der Waals surface area contributed by atoms with E-state index in [-0.39, 0.29) is 12.3 Å². The molecular weight excluding hydrogens is 242 g/mol. The fourth-order valence-corrected chi connectivity index (χ4v) is 1.42. The lowest BCUT2D eigenvalue weighted by atomic mass is 10.3. The Morgan fingerprint density at radius 1 is 1.68 bits per heavy atom. The van der Waals surface area contributed by atoms with Crippen molar-refractivity contribution >= 4 is 17.9 Å². The van der Waals surface area contributed by atoms with Gasteiger partial charge in [-0.3, -0.25) is 9.79 Å². The number of ketones is 1. The number of Topliss-reactive ketones (excluding diaryl/α,β-unsaturated/α-hetero) is 1. The van der Waals surface area contributed by atoms with E-state index in [1.165, 1.54) is 12.5 Å². The maximum atomic E-state index is 11.1. The lowest BCUT2D eigenvalue weighted by Crippen LogP contribution is -2.08. The van der Waals surface area contributed by atoms with Crippen molar-refractivity contribution in [3.63, 3.8) is 0 Å². The van der Waals surface area contributed by atoms with Crippen LogP contribution in [0.1, 0.15) is 25.8 Å². The molecule has 1 N–H and O–H groups in total. The Labute approximate surface area is 112 Å². The number of aromatic nitrogens is 2. The number of aryl methyl sites for hydroxylation is 1. The fourth-order valence-electron chi connectivity index (χ4n) is 1.42. The normalized spacial score (nSPS) is 9.74. The van der Waals surface area contributed by atoms with E-state index >= 15 is 0 Å². The molecule has 0 aliphatic rings. The highest BCUT2D eigenvalue weighted by Gasteiger charge is 2.08. The molecule has 0 unspecified atom stereocenters. The summed E-state index contributed by atoms with van der Waals surface area (Å²) in [5.41, 5.74) is 0.444. The van der Waals surface area contributed by atoms with Crippen LogP contribution < -0.4 is 5.32 Å². The number of hydrogen-bond donors (Lipinski definition) is 1. The van der Waals surface area contributed by atoms with Gasteiger partial charge in [0.1, 0.15) is 24.0 Å². The molecule has 6 heteroatoms. The molecule has 6 nitrogen and oxygen atoms in total. The Hall–Kier alpha value is -2.60. The van der Waals surface area contributed by atoms with Crippen LogP contribution in [0.2, 0.25) is 0 Å². The van der Waals surface area contributed by atoms with E-state index < -0.39 is 0 Å².